The first-order valence-corrected chi connectivity index (χ1v) is 9.54. The summed E-state index contributed by atoms with van der Waals surface area (Å²) >= 11 is 12.4. The Labute approximate surface area is 189 Å². The standard InChI is InChI=1S/C20H21Cl2N3O6/c1-11(26)16(23-24-17-14(28-2)10-9-12(21)18(17)30-4)20(27)25(22)13-7-6-8-15(29-3)19(13)31-5/h6-10,16H,1-5H3. The van der Waals surface area contributed by atoms with E-state index in [9.17, 15) is 9.59 Å². The van der Waals surface area contributed by atoms with Crippen molar-refractivity contribution in [2.75, 3.05) is 32.9 Å². The fourth-order valence-electron chi connectivity index (χ4n) is 2.65. The van der Waals surface area contributed by atoms with E-state index in [2.05, 4.69) is 10.2 Å². The lowest BCUT2D eigenvalue weighted by atomic mass is 10.2. The predicted octanol–water partition coefficient (Wildman–Crippen LogP) is 4.60. The van der Waals surface area contributed by atoms with Crippen LogP contribution >= 0.6 is 23.4 Å². The highest BCUT2D eigenvalue weighted by Crippen LogP contribution is 2.43. The third-order valence-electron chi connectivity index (χ3n) is 4.15. The summed E-state index contributed by atoms with van der Waals surface area (Å²) < 4.78 is 21.7. The molecule has 1 amide bonds. The lowest BCUT2D eigenvalue weighted by Crippen LogP contribution is -2.36. The highest BCUT2D eigenvalue weighted by Gasteiger charge is 2.31. The molecule has 0 saturated carbocycles. The minimum atomic E-state index is -1.54. The Morgan fingerprint density at radius 3 is 2.13 bits per heavy atom. The Morgan fingerprint density at radius 2 is 1.58 bits per heavy atom. The molecular formula is C20H21Cl2N3O6. The number of ether oxygens (including phenoxy) is 4. The summed E-state index contributed by atoms with van der Waals surface area (Å²) in [6, 6.07) is 6.36. The summed E-state index contributed by atoms with van der Waals surface area (Å²) in [5, 5.41) is 8.17. The molecule has 0 aliphatic carbocycles. The zero-order valence-electron chi connectivity index (χ0n) is 17.5. The van der Waals surface area contributed by atoms with E-state index in [-0.39, 0.29) is 33.6 Å². The van der Waals surface area contributed by atoms with Gasteiger partial charge in [-0.3, -0.25) is 9.59 Å². The molecule has 0 saturated heterocycles. The predicted molar refractivity (Wildman–Crippen MR) is 116 cm³/mol. The number of carbonyl (C=O) groups is 2. The van der Waals surface area contributed by atoms with Crippen molar-refractivity contribution in [1.29, 1.82) is 0 Å². The summed E-state index contributed by atoms with van der Waals surface area (Å²) in [7, 11) is 5.66. The van der Waals surface area contributed by atoms with E-state index in [1.807, 2.05) is 0 Å². The monoisotopic (exact) mass is 469 g/mol. The van der Waals surface area contributed by atoms with Crippen molar-refractivity contribution in [3.05, 3.63) is 35.4 Å². The van der Waals surface area contributed by atoms with Crippen LogP contribution in [0.3, 0.4) is 0 Å². The van der Waals surface area contributed by atoms with Crippen LogP contribution in [0.15, 0.2) is 40.6 Å². The van der Waals surface area contributed by atoms with Crippen LogP contribution in [0, 0.1) is 0 Å². The van der Waals surface area contributed by atoms with E-state index in [1.165, 1.54) is 41.4 Å². The number of hydrogen-bond donors (Lipinski definition) is 0. The lowest BCUT2D eigenvalue weighted by Gasteiger charge is -2.20. The van der Waals surface area contributed by atoms with Crippen LogP contribution in [-0.4, -0.2) is 46.2 Å². The smallest absolute Gasteiger partial charge is 0.276 e. The molecule has 31 heavy (non-hydrogen) atoms. The molecule has 0 aliphatic heterocycles. The number of halogens is 2. The van der Waals surface area contributed by atoms with Crippen LogP contribution in [0.2, 0.25) is 5.02 Å². The van der Waals surface area contributed by atoms with Gasteiger partial charge in [-0.25, -0.2) is 4.42 Å². The van der Waals surface area contributed by atoms with E-state index < -0.39 is 17.7 Å². The molecular weight excluding hydrogens is 449 g/mol. The van der Waals surface area contributed by atoms with Crippen LogP contribution < -0.4 is 23.4 Å². The summed E-state index contributed by atoms with van der Waals surface area (Å²) in [6.45, 7) is 1.20. The lowest BCUT2D eigenvalue weighted by molar-refractivity contribution is -0.126. The number of methoxy groups -OCH3 is 4. The number of benzene rings is 2. The normalized spacial score (nSPS) is 11.7. The van der Waals surface area contributed by atoms with Gasteiger partial charge >= 0.3 is 0 Å². The summed E-state index contributed by atoms with van der Waals surface area (Å²) in [5.41, 5.74) is 0.296. The van der Waals surface area contributed by atoms with Crippen molar-refractivity contribution < 1.29 is 28.5 Å². The molecule has 0 spiro atoms. The van der Waals surface area contributed by atoms with Gasteiger partial charge < -0.3 is 18.9 Å². The van der Waals surface area contributed by atoms with Crippen molar-refractivity contribution >= 4 is 46.4 Å². The van der Waals surface area contributed by atoms with E-state index in [4.69, 9.17) is 42.3 Å². The van der Waals surface area contributed by atoms with E-state index in [1.54, 1.807) is 24.3 Å². The second kappa shape index (κ2) is 10.8. The first-order chi connectivity index (χ1) is 14.8. The Bertz CT molecular complexity index is 999. The van der Waals surface area contributed by atoms with Crippen molar-refractivity contribution in [2.45, 2.75) is 13.0 Å². The third-order valence-corrected chi connectivity index (χ3v) is 4.80. The number of Topliss-reactive ketones (excluding diaryl/α,β-unsaturated/α-hetero) is 1. The topological polar surface area (TPSA) is 99.0 Å². The van der Waals surface area contributed by atoms with Gasteiger partial charge in [0.05, 0.1) is 33.5 Å². The first kappa shape index (κ1) is 24.2. The molecule has 0 radical (unpaired) electrons. The molecule has 0 bridgehead atoms. The number of hydrogen-bond acceptors (Lipinski definition) is 8. The highest BCUT2D eigenvalue weighted by molar-refractivity contribution is 6.39. The number of anilines is 1. The number of para-hydroxylation sites is 1. The van der Waals surface area contributed by atoms with Gasteiger partial charge in [0.1, 0.15) is 11.4 Å². The Kier molecular flexibility index (Phi) is 8.47. The molecule has 1 atom stereocenters. The van der Waals surface area contributed by atoms with Gasteiger partial charge in [0.25, 0.3) is 5.91 Å². The molecule has 11 heteroatoms. The van der Waals surface area contributed by atoms with Crippen molar-refractivity contribution in [3.63, 3.8) is 0 Å². The third kappa shape index (κ3) is 5.18. The first-order valence-electron chi connectivity index (χ1n) is 8.83. The molecule has 2 rings (SSSR count). The van der Waals surface area contributed by atoms with E-state index >= 15 is 0 Å². The maximum absolute atomic E-state index is 13.0. The molecule has 0 heterocycles. The van der Waals surface area contributed by atoms with Crippen LogP contribution in [0.4, 0.5) is 11.4 Å². The molecule has 9 nitrogen and oxygen atoms in total. The summed E-state index contributed by atoms with van der Waals surface area (Å²) in [6.07, 6.45) is 0. The van der Waals surface area contributed by atoms with Crippen LogP contribution in [-0.2, 0) is 9.59 Å². The largest absolute Gasteiger partial charge is 0.494 e. The molecule has 0 fully saturated rings. The van der Waals surface area contributed by atoms with Gasteiger partial charge in [-0.05, 0) is 31.2 Å². The molecule has 1 unspecified atom stereocenters. The zero-order chi connectivity index (χ0) is 23.1. The minimum Gasteiger partial charge on any atom is -0.494 e. The van der Waals surface area contributed by atoms with Gasteiger partial charge in [0.15, 0.2) is 28.7 Å². The van der Waals surface area contributed by atoms with Gasteiger partial charge in [-0.2, -0.15) is 5.11 Å². The molecule has 166 valence electrons. The molecule has 2 aromatic rings. The molecule has 0 N–H and O–H groups in total. The number of rotatable bonds is 9. The van der Waals surface area contributed by atoms with Crippen molar-refractivity contribution in [1.82, 2.24) is 0 Å². The fourth-order valence-corrected chi connectivity index (χ4v) is 3.11. The molecule has 0 aliphatic rings. The maximum atomic E-state index is 13.0. The SMILES string of the molecule is COc1ccc(Cl)c(OC)c1N=NC(C(C)=O)C(=O)N(Cl)c1cccc(OC)c1OC. The number of azo groups is 1. The van der Waals surface area contributed by atoms with Crippen LogP contribution in [0.25, 0.3) is 0 Å². The summed E-state index contributed by atoms with van der Waals surface area (Å²) in [5.74, 6) is -0.391. The van der Waals surface area contributed by atoms with Gasteiger partial charge in [0.2, 0.25) is 6.04 Å². The van der Waals surface area contributed by atoms with Gasteiger partial charge in [-0.15, -0.1) is 5.11 Å². The Hall–Kier alpha value is -3.04. The number of amides is 1. The van der Waals surface area contributed by atoms with Gasteiger partial charge in [0, 0.05) is 11.8 Å². The maximum Gasteiger partial charge on any atom is 0.276 e. The van der Waals surface area contributed by atoms with Gasteiger partial charge in [-0.1, -0.05) is 17.7 Å². The van der Waals surface area contributed by atoms with Crippen LogP contribution in [0.1, 0.15) is 6.92 Å². The van der Waals surface area contributed by atoms with E-state index in [0.717, 1.165) is 4.42 Å². The number of nitrogens with zero attached hydrogens (tertiary/aromatic N) is 3. The summed E-state index contributed by atoms with van der Waals surface area (Å²) in [4.78, 5) is 25.2. The second-order valence-electron chi connectivity index (χ2n) is 5.99. The van der Waals surface area contributed by atoms with Crippen LogP contribution in [0.5, 0.6) is 23.0 Å². The Morgan fingerprint density at radius 1 is 0.935 bits per heavy atom. The highest BCUT2D eigenvalue weighted by atomic mass is 35.5. The quantitative estimate of drug-likeness (QED) is 0.302. The van der Waals surface area contributed by atoms with Crippen molar-refractivity contribution in [3.8, 4) is 23.0 Å². The number of ketones is 1. The Balaban J connectivity index is 2.46. The zero-order valence-corrected chi connectivity index (χ0v) is 19.0. The fraction of sp³-hybridized carbons (Fsp3) is 0.300. The average molecular weight is 470 g/mol. The molecule has 0 aromatic heterocycles. The minimum absolute atomic E-state index is 0.122. The van der Waals surface area contributed by atoms with E-state index in [0.29, 0.717) is 5.75 Å². The average Bonchev–Trinajstić information content (AvgIpc) is 2.77. The second-order valence-corrected chi connectivity index (χ2v) is 6.74. The number of carbonyl (C=O) groups excluding carboxylic acids is 2. The van der Waals surface area contributed by atoms with Crippen molar-refractivity contribution in [2.24, 2.45) is 10.2 Å². The molecule has 2 aromatic carbocycles.